The van der Waals surface area contributed by atoms with Crippen molar-refractivity contribution in [1.29, 1.82) is 0 Å². The minimum atomic E-state index is -0.679. The van der Waals surface area contributed by atoms with Gasteiger partial charge < -0.3 is 8.83 Å². The molecule has 0 amide bonds. The van der Waals surface area contributed by atoms with Crippen LogP contribution in [-0.2, 0) is 6.42 Å². The first-order valence-electron chi connectivity index (χ1n) is 2.33. The summed E-state index contributed by atoms with van der Waals surface area (Å²) < 4.78 is 8.66. The van der Waals surface area contributed by atoms with Gasteiger partial charge in [-0.3, -0.25) is 0 Å². The number of hydrogen-bond acceptors (Lipinski definition) is 3. The van der Waals surface area contributed by atoms with Crippen molar-refractivity contribution < 1.29 is 8.83 Å². The molecule has 0 saturated heterocycles. The summed E-state index contributed by atoms with van der Waals surface area (Å²) in [5.41, 5.74) is 0. The Morgan fingerprint density at radius 2 is 2.50 bits per heavy atom. The Kier molecular flexibility index (Phi) is 1.20. The molecule has 0 aliphatic heterocycles. The lowest BCUT2D eigenvalue weighted by Crippen LogP contribution is -1.85. The zero-order valence-electron chi connectivity index (χ0n) is 4.43. The van der Waals surface area contributed by atoms with Crippen molar-refractivity contribution in [1.82, 2.24) is 0 Å². The Hall–Kier alpha value is -0.990. The second-order valence-electron chi connectivity index (χ2n) is 1.33. The molecule has 1 radical (unpaired) electrons. The van der Waals surface area contributed by atoms with Crippen LogP contribution in [-0.4, -0.2) is 0 Å². The lowest BCUT2D eigenvalue weighted by atomic mass is 10.4. The summed E-state index contributed by atoms with van der Waals surface area (Å²) in [6, 6.07) is 0. The zero-order valence-corrected chi connectivity index (χ0v) is 4.43. The summed E-state index contributed by atoms with van der Waals surface area (Å²) in [4.78, 5) is 10.1. The quantitative estimate of drug-likeness (QED) is 0.535. The highest BCUT2D eigenvalue weighted by Crippen LogP contribution is 1.92. The molecule has 0 N–H and O–H groups in total. The topological polar surface area (TPSA) is 43.4 Å². The van der Waals surface area contributed by atoms with Gasteiger partial charge in [-0.05, 0) is 0 Å². The molecule has 1 aromatic rings. The van der Waals surface area contributed by atoms with Gasteiger partial charge in [-0.25, -0.2) is 4.79 Å². The molecule has 0 spiro atoms. The number of rotatable bonds is 1. The first-order chi connectivity index (χ1) is 3.83. The summed E-state index contributed by atoms with van der Waals surface area (Å²) >= 11 is 0. The molecule has 43 valence electrons. The van der Waals surface area contributed by atoms with E-state index in [9.17, 15) is 4.79 Å². The predicted molar refractivity (Wildman–Crippen MR) is 25.5 cm³/mol. The maximum Gasteiger partial charge on any atom is 0.519 e. The summed E-state index contributed by atoms with van der Waals surface area (Å²) in [7, 11) is 0. The van der Waals surface area contributed by atoms with Crippen molar-refractivity contribution in [3.63, 3.8) is 0 Å². The highest BCUT2D eigenvalue weighted by Gasteiger charge is 1.95. The van der Waals surface area contributed by atoms with E-state index in [4.69, 9.17) is 0 Å². The summed E-state index contributed by atoms with van der Waals surface area (Å²) in [6.45, 7) is 1.85. The Bertz CT molecular complexity index is 207. The molecule has 3 nitrogen and oxygen atoms in total. The van der Waals surface area contributed by atoms with Gasteiger partial charge in [-0.15, -0.1) is 0 Å². The Morgan fingerprint density at radius 1 is 1.75 bits per heavy atom. The van der Waals surface area contributed by atoms with Crippen LogP contribution in [0.1, 0.15) is 12.7 Å². The van der Waals surface area contributed by atoms with E-state index in [0.717, 1.165) is 0 Å². The SMILES string of the molecule is CCc1[c]oc(=O)o1. The van der Waals surface area contributed by atoms with Crippen LogP contribution in [0.15, 0.2) is 13.6 Å². The molecule has 0 aromatic carbocycles. The van der Waals surface area contributed by atoms with Crippen molar-refractivity contribution in [3.05, 3.63) is 22.6 Å². The third kappa shape index (κ3) is 0.804. The van der Waals surface area contributed by atoms with Crippen LogP contribution in [0.2, 0.25) is 0 Å². The monoisotopic (exact) mass is 113 g/mol. The fourth-order valence-corrected chi connectivity index (χ4v) is 0.385. The van der Waals surface area contributed by atoms with Gasteiger partial charge in [0.1, 0.15) is 0 Å². The van der Waals surface area contributed by atoms with Crippen LogP contribution < -0.4 is 5.82 Å². The standard InChI is InChI=1S/C5H5O3/c1-2-4-3-7-5(6)8-4/h2H2,1H3. The fourth-order valence-electron chi connectivity index (χ4n) is 0.385. The van der Waals surface area contributed by atoms with Crippen molar-refractivity contribution in [2.75, 3.05) is 0 Å². The van der Waals surface area contributed by atoms with Crippen molar-refractivity contribution >= 4 is 0 Å². The maximum absolute atomic E-state index is 10.1. The van der Waals surface area contributed by atoms with Crippen molar-refractivity contribution in [2.45, 2.75) is 13.3 Å². The van der Waals surface area contributed by atoms with Crippen LogP contribution >= 0.6 is 0 Å². The summed E-state index contributed by atoms with van der Waals surface area (Å²) in [5, 5.41) is 0. The second kappa shape index (κ2) is 1.86. The van der Waals surface area contributed by atoms with Crippen LogP contribution in [0.5, 0.6) is 0 Å². The largest absolute Gasteiger partial charge is 0.519 e. The highest BCUT2D eigenvalue weighted by atomic mass is 16.6. The van der Waals surface area contributed by atoms with E-state index >= 15 is 0 Å². The molecule has 3 heteroatoms. The molecule has 0 atom stereocenters. The Balaban J connectivity index is 3.01. The van der Waals surface area contributed by atoms with Crippen LogP contribution in [0, 0.1) is 6.26 Å². The van der Waals surface area contributed by atoms with E-state index in [-0.39, 0.29) is 0 Å². The molecule has 0 aliphatic carbocycles. The molecule has 0 bridgehead atoms. The van der Waals surface area contributed by atoms with E-state index in [2.05, 4.69) is 15.1 Å². The van der Waals surface area contributed by atoms with E-state index in [0.29, 0.717) is 12.2 Å². The van der Waals surface area contributed by atoms with Crippen molar-refractivity contribution in [3.8, 4) is 0 Å². The average Bonchev–Trinajstić information content (AvgIpc) is 2.14. The van der Waals surface area contributed by atoms with Crippen molar-refractivity contribution in [2.24, 2.45) is 0 Å². The van der Waals surface area contributed by atoms with Gasteiger partial charge in [0.15, 0.2) is 5.76 Å². The molecule has 0 saturated carbocycles. The van der Waals surface area contributed by atoms with E-state index in [1.807, 2.05) is 6.92 Å². The molecule has 1 aromatic heterocycles. The normalized spacial score (nSPS) is 9.62. The molecule has 1 heterocycles. The van der Waals surface area contributed by atoms with E-state index in [1.54, 1.807) is 0 Å². The van der Waals surface area contributed by atoms with Gasteiger partial charge in [0.25, 0.3) is 0 Å². The number of hydrogen-bond donors (Lipinski definition) is 0. The highest BCUT2D eigenvalue weighted by molar-refractivity contribution is 4.80. The van der Waals surface area contributed by atoms with E-state index in [1.165, 1.54) is 0 Å². The first kappa shape index (κ1) is 5.15. The first-order valence-corrected chi connectivity index (χ1v) is 2.33. The molecular formula is C5H5O3. The van der Waals surface area contributed by atoms with Gasteiger partial charge in [-0.2, -0.15) is 0 Å². The molecular weight excluding hydrogens is 108 g/mol. The van der Waals surface area contributed by atoms with Gasteiger partial charge >= 0.3 is 5.82 Å². The van der Waals surface area contributed by atoms with Gasteiger partial charge in [0.2, 0.25) is 6.26 Å². The fraction of sp³-hybridized carbons (Fsp3) is 0.400. The van der Waals surface area contributed by atoms with Crippen LogP contribution in [0.25, 0.3) is 0 Å². The Labute approximate surface area is 45.9 Å². The average molecular weight is 113 g/mol. The molecule has 1 rings (SSSR count). The molecule has 0 aliphatic rings. The minimum absolute atomic E-state index is 0.468. The molecule has 0 fully saturated rings. The van der Waals surface area contributed by atoms with Crippen LogP contribution in [0.4, 0.5) is 0 Å². The van der Waals surface area contributed by atoms with E-state index < -0.39 is 5.82 Å². The van der Waals surface area contributed by atoms with Gasteiger partial charge in [0, 0.05) is 6.42 Å². The van der Waals surface area contributed by atoms with Gasteiger partial charge in [-0.1, -0.05) is 6.92 Å². The Morgan fingerprint density at radius 3 is 2.75 bits per heavy atom. The third-order valence-electron chi connectivity index (χ3n) is 0.776. The zero-order chi connectivity index (χ0) is 5.98. The maximum atomic E-state index is 10.1. The lowest BCUT2D eigenvalue weighted by molar-refractivity contribution is 0.373. The summed E-state index contributed by atoms with van der Waals surface area (Å²) in [5.74, 6) is -0.211. The number of aryl methyl sites for hydroxylation is 1. The second-order valence-corrected chi connectivity index (χ2v) is 1.33. The smallest absolute Gasteiger partial charge is 0.395 e. The minimum Gasteiger partial charge on any atom is -0.395 e. The van der Waals surface area contributed by atoms with Gasteiger partial charge in [0.05, 0.1) is 0 Å². The molecule has 8 heavy (non-hydrogen) atoms. The third-order valence-corrected chi connectivity index (χ3v) is 0.776. The molecule has 0 unspecified atom stereocenters. The predicted octanol–water partition coefficient (Wildman–Crippen LogP) is 0.595. The lowest BCUT2D eigenvalue weighted by Gasteiger charge is -1.73. The van der Waals surface area contributed by atoms with Crippen LogP contribution in [0.3, 0.4) is 0 Å². The summed E-state index contributed by atoms with van der Waals surface area (Å²) in [6.07, 6.45) is 2.95.